The Labute approximate surface area is 122 Å². The van der Waals surface area contributed by atoms with Crippen molar-refractivity contribution in [2.75, 3.05) is 0 Å². The van der Waals surface area contributed by atoms with Crippen LogP contribution in [0.3, 0.4) is 0 Å². The predicted octanol–water partition coefficient (Wildman–Crippen LogP) is 3.05. The molecule has 20 heavy (non-hydrogen) atoms. The third kappa shape index (κ3) is 2.23. The van der Waals surface area contributed by atoms with E-state index in [1.165, 1.54) is 11.1 Å². The van der Waals surface area contributed by atoms with Gasteiger partial charge in [-0.05, 0) is 36.1 Å². The second-order valence-corrected chi connectivity index (χ2v) is 6.14. The van der Waals surface area contributed by atoms with E-state index >= 15 is 0 Å². The van der Waals surface area contributed by atoms with Crippen LogP contribution in [0.2, 0.25) is 0 Å². The summed E-state index contributed by atoms with van der Waals surface area (Å²) in [7, 11) is 1.79. The van der Waals surface area contributed by atoms with Crippen molar-refractivity contribution in [2.45, 2.75) is 24.9 Å². The summed E-state index contributed by atoms with van der Waals surface area (Å²) in [6, 6.07) is 10.2. The first-order chi connectivity index (χ1) is 9.56. The first kappa shape index (κ1) is 13.3. The molecule has 0 saturated heterocycles. The summed E-state index contributed by atoms with van der Waals surface area (Å²) >= 11 is 1.64. The van der Waals surface area contributed by atoms with Crippen molar-refractivity contribution >= 4 is 17.9 Å². The standard InChI is InChI=1S/C15H16N2O2S/c1-10-14(7-13(15(18)19)16(10)2)20-17-8-11-5-3-4-6-12(11)9-17/h3-7H,8-9H2,1-2H3,(H,18,19). The third-order valence-electron chi connectivity index (χ3n) is 3.75. The summed E-state index contributed by atoms with van der Waals surface area (Å²) in [5.41, 5.74) is 4.03. The van der Waals surface area contributed by atoms with Gasteiger partial charge in [0.15, 0.2) is 0 Å². The maximum absolute atomic E-state index is 11.2. The minimum absolute atomic E-state index is 0.335. The van der Waals surface area contributed by atoms with Crippen molar-refractivity contribution in [2.24, 2.45) is 7.05 Å². The molecule has 0 aliphatic carbocycles. The van der Waals surface area contributed by atoms with Crippen LogP contribution in [-0.4, -0.2) is 19.9 Å². The van der Waals surface area contributed by atoms with Gasteiger partial charge in [0.05, 0.1) is 0 Å². The van der Waals surface area contributed by atoms with Gasteiger partial charge in [-0.3, -0.25) is 0 Å². The highest BCUT2D eigenvalue weighted by Crippen LogP contribution is 2.35. The zero-order chi connectivity index (χ0) is 14.3. The Morgan fingerprint density at radius 3 is 2.35 bits per heavy atom. The zero-order valence-corrected chi connectivity index (χ0v) is 12.3. The molecule has 1 aliphatic heterocycles. The molecule has 3 rings (SSSR count). The van der Waals surface area contributed by atoms with Crippen LogP contribution in [0.5, 0.6) is 0 Å². The van der Waals surface area contributed by atoms with Crippen LogP contribution >= 0.6 is 11.9 Å². The van der Waals surface area contributed by atoms with Crippen molar-refractivity contribution in [3.63, 3.8) is 0 Å². The van der Waals surface area contributed by atoms with Crippen LogP contribution in [0.15, 0.2) is 35.2 Å². The number of carboxylic acids is 1. The second-order valence-electron chi connectivity index (χ2n) is 5.00. The van der Waals surface area contributed by atoms with Gasteiger partial charge in [0.25, 0.3) is 0 Å². The predicted molar refractivity (Wildman–Crippen MR) is 78.7 cm³/mol. The van der Waals surface area contributed by atoms with Gasteiger partial charge in [-0.2, -0.15) is 0 Å². The largest absolute Gasteiger partial charge is 0.477 e. The van der Waals surface area contributed by atoms with E-state index in [0.29, 0.717) is 5.69 Å². The van der Waals surface area contributed by atoms with Gasteiger partial charge in [-0.1, -0.05) is 24.3 Å². The van der Waals surface area contributed by atoms with Crippen molar-refractivity contribution in [1.82, 2.24) is 8.87 Å². The summed E-state index contributed by atoms with van der Waals surface area (Å²) in [6.07, 6.45) is 0. The van der Waals surface area contributed by atoms with Crippen molar-refractivity contribution in [3.05, 3.63) is 52.8 Å². The first-order valence-corrected chi connectivity index (χ1v) is 7.23. The highest BCUT2D eigenvalue weighted by molar-refractivity contribution is 7.97. The van der Waals surface area contributed by atoms with E-state index < -0.39 is 5.97 Å². The molecule has 2 heterocycles. The van der Waals surface area contributed by atoms with Crippen molar-refractivity contribution < 1.29 is 9.90 Å². The average Bonchev–Trinajstić information content (AvgIpc) is 2.94. The third-order valence-corrected chi connectivity index (χ3v) is 4.87. The molecule has 1 aliphatic rings. The first-order valence-electron chi connectivity index (χ1n) is 6.45. The van der Waals surface area contributed by atoms with Crippen LogP contribution < -0.4 is 0 Å². The Kier molecular flexibility index (Phi) is 3.31. The van der Waals surface area contributed by atoms with E-state index in [1.807, 2.05) is 6.92 Å². The van der Waals surface area contributed by atoms with Crippen molar-refractivity contribution in [3.8, 4) is 0 Å². The van der Waals surface area contributed by atoms with Gasteiger partial charge in [0.1, 0.15) is 5.69 Å². The Hall–Kier alpha value is -1.72. The van der Waals surface area contributed by atoms with E-state index in [1.54, 1.807) is 29.6 Å². The Morgan fingerprint density at radius 2 is 1.85 bits per heavy atom. The minimum Gasteiger partial charge on any atom is -0.477 e. The van der Waals surface area contributed by atoms with Gasteiger partial charge in [-0.25, -0.2) is 9.10 Å². The van der Waals surface area contributed by atoms with E-state index in [-0.39, 0.29) is 0 Å². The van der Waals surface area contributed by atoms with Crippen LogP contribution in [0.1, 0.15) is 27.3 Å². The smallest absolute Gasteiger partial charge is 0.352 e. The van der Waals surface area contributed by atoms with Crippen molar-refractivity contribution in [1.29, 1.82) is 0 Å². The normalized spacial score (nSPS) is 14.5. The summed E-state index contributed by atoms with van der Waals surface area (Å²) in [5.74, 6) is -0.882. The minimum atomic E-state index is -0.882. The van der Waals surface area contributed by atoms with Crippen LogP contribution in [0.25, 0.3) is 0 Å². The highest BCUT2D eigenvalue weighted by atomic mass is 32.2. The Morgan fingerprint density at radius 1 is 1.25 bits per heavy atom. The lowest BCUT2D eigenvalue weighted by atomic mass is 10.1. The number of aromatic nitrogens is 1. The molecule has 0 atom stereocenters. The fourth-order valence-corrected chi connectivity index (χ4v) is 3.59. The number of nitrogens with zero attached hydrogens (tertiary/aromatic N) is 2. The molecular weight excluding hydrogens is 272 g/mol. The lowest BCUT2D eigenvalue weighted by Crippen LogP contribution is -2.06. The van der Waals surface area contributed by atoms with Gasteiger partial charge in [0.2, 0.25) is 0 Å². The average molecular weight is 288 g/mol. The van der Waals surface area contributed by atoms with E-state index in [4.69, 9.17) is 5.11 Å². The number of hydrogen-bond acceptors (Lipinski definition) is 3. The van der Waals surface area contributed by atoms with Gasteiger partial charge < -0.3 is 9.67 Å². The lowest BCUT2D eigenvalue weighted by Gasteiger charge is -2.13. The van der Waals surface area contributed by atoms with E-state index in [2.05, 4.69) is 28.6 Å². The molecule has 0 unspecified atom stereocenters. The molecular formula is C15H16N2O2S. The second kappa shape index (κ2) is 5.00. The quantitative estimate of drug-likeness (QED) is 0.882. The van der Waals surface area contributed by atoms with E-state index in [9.17, 15) is 4.79 Å². The molecule has 0 fully saturated rings. The topological polar surface area (TPSA) is 45.5 Å². The molecule has 0 spiro atoms. The molecule has 104 valence electrons. The number of rotatable bonds is 3. The molecule has 1 aromatic heterocycles. The fraction of sp³-hybridized carbons (Fsp3) is 0.267. The highest BCUT2D eigenvalue weighted by Gasteiger charge is 2.22. The molecule has 0 bridgehead atoms. The Balaban J connectivity index is 1.81. The zero-order valence-electron chi connectivity index (χ0n) is 11.5. The lowest BCUT2D eigenvalue weighted by molar-refractivity contribution is 0.0686. The monoisotopic (exact) mass is 288 g/mol. The number of fused-ring (bicyclic) bond motifs is 1. The van der Waals surface area contributed by atoms with Gasteiger partial charge in [-0.15, -0.1) is 0 Å². The number of hydrogen-bond donors (Lipinski definition) is 1. The number of carbonyl (C=O) groups is 1. The SMILES string of the molecule is Cc1c(SN2Cc3ccccc3C2)cc(C(=O)O)n1C. The molecule has 2 aromatic rings. The molecule has 4 nitrogen and oxygen atoms in total. The summed E-state index contributed by atoms with van der Waals surface area (Å²) in [6.45, 7) is 3.76. The van der Waals surface area contributed by atoms with Crippen LogP contribution in [-0.2, 0) is 20.1 Å². The maximum Gasteiger partial charge on any atom is 0.352 e. The van der Waals surface area contributed by atoms with Gasteiger partial charge in [0, 0.05) is 30.7 Å². The molecule has 5 heteroatoms. The summed E-state index contributed by atoms with van der Waals surface area (Å²) in [5, 5.41) is 9.16. The van der Waals surface area contributed by atoms with E-state index in [0.717, 1.165) is 23.7 Å². The van der Waals surface area contributed by atoms with Gasteiger partial charge >= 0.3 is 5.97 Å². The number of benzene rings is 1. The molecule has 1 N–H and O–H groups in total. The van der Waals surface area contributed by atoms with Crippen LogP contribution in [0.4, 0.5) is 0 Å². The molecule has 1 aromatic carbocycles. The summed E-state index contributed by atoms with van der Waals surface area (Å²) in [4.78, 5) is 12.2. The fourth-order valence-electron chi connectivity index (χ4n) is 2.47. The number of carboxylic acid groups (broad SMARTS) is 1. The summed E-state index contributed by atoms with van der Waals surface area (Å²) < 4.78 is 3.99. The molecule has 0 radical (unpaired) electrons. The number of aromatic carboxylic acids is 1. The molecule has 0 amide bonds. The Bertz CT molecular complexity index is 654. The maximum atomic E-state index is 11.2. The van der Waals surface area contributed by atoms with Crippen LogP contribution in [0, 0.1) is 6.92 Å². The molecule has 0 saturated carbocycles.